The summed E-state index contributed by atoms with van der Waals surface area (Å²) in [7, 11) is 9.88. The van der Waals surface area contributed by atoms with Crippen LogP contribution in [0.1, 0.15) is 50.2 Å². The Kier molecular flexibility index (Phi) is 6.87. The van der Waals surface area contributed by atoms with Gasteiger partial charge in [0.2, 0.25) is 0 Å². The number of hydrogen-bond donors (Lipinski definition) is 0. The topological polar surface area (TPSA) is 124 Å². The fraction of sp³-hybridized carbons (Fsp3) is 0.583. The molecule has 0 saturated heterocycles. The van der Waals surface area contributed by atoms with Gasteiger partial charge in [-0.3, -0.25) is 27.9 Å². The highest BCUT2D eigenvalue weighted by molar-refractivity contribution is 5.71. The molecule has 4 rings (SSSR count). The Bertz CT molecular complexity index is 1570. The molecule has 0 aliphatic heterocycles. The van der Waals surface area contributed by atoms with Gasteiger partial charge in [0.1, 0.15) is 11.6 Å². The molecule has 0 amide bonds. The first-order valence-electron chi connectivity index (χ1n) is 12.3. The standard InChI is InChI=1S/C24H34N8O4/c1-27-15(25-19-17(27)21(33)31(5)23(35)29(19)3)13-11-9-7-8-10-12-14-16-26-20-18(28(16)2)22(34)32(6)24(36)30(20)4/h7-14H2,1-6H3. The van der Waals surface area contributed by atoms with Crippen LogP contribution < -0.4 is 22.5 Å². The van der Waals surface area contributed by atoms with Crippen LogP contribution in [0, 0.1) is 0 Å². The zero-order valence-corrected chi connectivity index (χ0v) is 21.9. The lowest BCUT2D eigenvalue weighted by molar-refractivity contribution is 0.577. The Morgan fingerprint density at radius 2 is 0.806 bits per heavy atom. The lowest BCUT2D eigenvalue weighted by Gasteiger charge is -2.05. The van der Waals surface area contributed by atoms with Gasteiger partial charge in [0.15, 0.2) is 22.3 Å². The summed E-state index contributed by atoms with van der Waals surface area (Å²) in [6.07, 6.45) is 7.66. The molecule has 0 radical (unpaired) electrons. The lowest BCUT2D eigenvalue weighted by Crippen LogP contribution is -2.37. The minimum atomic E-state index is -0.373. The first-order valence-corrected chi connectivity index (χ1v) is 12.3. The van der Waals surface area contributed by atoms with Crippen molar-refractivity contribution in [3.05, 3.63) is 53.3 Å². The highest BCUT2D eigenvalue weighted by Gasteiger charge is 2.17. The average molecular weight is 499 g/mol. The molecule has 12 heteroatoms. The SMILES string of the molecule is Cn1c(=O)c2c(nc(CCCCCCCCc3nc4c(c(=O)n(C)c(=O)n4C)n3C)n2C)n(C)c1=O. The summed E-state index contributed by atoms with van der Waals surface area (Å²) in [5.41, 5.74) is 0.379. The zero-order chi connectivity index (χ0) is 26.3. The van der Waals surface area contributed by atoms with Gasteiger partial charge >= 0.3 is 11.4 Å². The summed E-state index contributed by atoms with van der Waals surface area (Å²) < 4.78 is 8.67. The van der Waals surface area contributed by atoms with Gasteiger partial charge in [0, 0.05) is 55.1 Å². The van der Waals surface area contributed by atoms with Crippen molar-refractivity contribution in [1.82, 2.24) is 37.4 Å². The third-order valence-electron chi connectivity index (χ3n) is 7.19. The summed E-state index contributed by atoms with van der Waals surface area (Å²) >= 11 is 0. The molecule has 0 atom stereocenters. The average Bonchev–Trinajstić information content (AvgIpc) is 3.37. The number of aromatic nitrogens is 8. The molecule has 0 aliphatic carbocycles. The van der Waals surface area contributed by atoms with E-state index < -0.39 is 0 Å². The maximum absolute atomic E-state index is 12.5. The Morgan fingerprint density at radius 3 is 1.17 bits per heavy atom. The molecule has 0 N–H and O–H groups in total. The normalized spacial score (nSPS) is 11.8. The lowest BCUT2D eigenvalue weighted by atomic mass is 10.1. The van der Waals surface area contributed by atoms with Crippen LogP contribution >= 0.6 is 0 Å². The van der Waals surface area contributed by atoms with Crippen LogP contribution in [0.2, 0.25) is 0 Å². The van der Waals surface area contributed by atoms with Gasteiger partial charge in [-0.1, -0.05) is 25.7 Å². The quantitative estimate of drug-likeness (QED) is 0.307. The van der Waals surface area contributed by atoms with E-state index >= 15 is 0 Å². The van der Waals surface area contributed by atoms with Crippen molar-refractivity contribution >= 4 is 22.3 Å². The van der Waals surface area contributed by atoms with Crippen LogP contribution in [0.4, 0.5) is 0 Å². The molecule has 0 unspecified atom stereocenters. The number of aryl methyl sites for hydroxylation is 6. The van der Waals surface area contributed by atoms with E-state index in [-0.39, 0.29) is 22.5 Å². The van der Waals surface area contributed by atoms with Gasteiger partial charge in [-0.15, -0.1) is 0 Å². The monoisotopic (exact) mass is 498 g/mol. The van der Waals surface area contributed by atoms with Gasteiger partial charge in [0.25, 0.3) is 11.1 Å². The van der Waals surface area contributed by atoms with Crippen molar-refractivity contribution in [2.45, 2.75) is 51.4 Å². The summed E-state index contributed by atoms with van der Waals surface area (Å²) in [6, 6.07) is 0. The van der Waals surface area contributed by atoms with Crippen LogP contribution in [0.25, 0.3) is 22.3 Å². The Balaban J connectivity index is 1.28. The van der Waals surface area contributed by atoms with E-state index in [0.29, 0.717) is 22.3 Å². The zero-order valence-electron chi connectivity index (χ0n) is 21.9. The van der Waals surface area contributed by atoms with Crippen LogP contribution in [-0.4, -0.2) is 37.4 Å². The van der Waals surface area contributed by atoms with E-state index in [1.165, 1.54) is 23.2 Å². The fourth-order valence-corrected chi connectivity index (χ4v) is 4.85. The van der Waals surface area contributed by atoms with E-state index in [1.807, 2.05) is 14.1 Å². The first kappa shape index (κ1) is 25.4. The second-order valence-corrected chi connectivity index (χ2v) is 9.55. The molecule has 194 valence electrons. The Morgan fingerprint density at radius 1 is 0.472 bits per heavy atom. The molecule has 4 aromatic heterocycles. The largest absolute Gasteiger partial charge is 0.332 e. The van der Waals surface area contributed by atoms with E-state index in [4.69, 9.17) is 0 Å². The number of nitrogens with zero attached hydrogens (tertiary/aromatic N) is 8. The summed E-state index contributed by atoms with van der Waals surface area (Å²) in [6.45, 7) is 0. The molecule has 4 aromatic rings. The van der Waals surface area contributed by atoms with Crippen LogP contribution in [0.5, 0.6) is 0 Å². The van der Waals surface area contributed by atoms with E-state index in [1.54, 1.807) is 23.2 Å². The number of unbranched alkanes of at least 4 members (excludes halogenated alkanes) is 5. The number of rotatable bonds is 9. The molecule has 4 heterocycles. The minimum absolute atomic E-state index is 0.322. The molecule has 0 saturated carbocycles. The highest BCUT2D eigenvalue weighted by Crippen LogP contribution is 2.15. The summed E-state index contributed by atoms with van der Waals surface area (Å²) in [5.74, 6) is 1.62. The van der Waals surface area contributed by atoms with Crippen molar-refractivity contribution in [2.24, 2.45) is 42.3 Å². The maximum atomic E-state index is 12.5. The van der Waals surface area contributed by atoms with Crippen molar-refractivity contribution < 1.29 is 0 Å². The van der Waals surface area contributed by atoms with Crippen molar-refractivity contribution in [2.75, 3.05) is 0 Å². The number of hydrogen-bond acceptors (Lipinski definition) is 6. The van der Waals surface area contributed by atoms with Crippen LogP contribution in [-0.2, 0) is 55.1 Å². The molecular formula is C24H34N8O4. The fourth-order valence-electron chi connectivity index (χ4n) is 4.85. The minimum Gasteiger partial charge on any atom is -0.325 e. The predicted molar refractivity (Wildman–Crippen MR) is 138 cm³/mol. The second-order valence-electron chi connectivity index (χ2n) is 9.55. The maximum Gasteiger partial charge on any atom is 0.332 e. The van der Waals surface area contributed by atoms with Gasteiger partial charge in [0.05, 0.1) is 0 Å². The van der Waals surface area contributed by atoms with Gasteiger partial charge in [-0.2, -0.15) is 0 Å². The molecule has 0 aromatic carbocycles. The molecule has 0 bridgehead atoms. The van der Waals surface area contributed by atoms with Crippen LogP contribution in [0.3, 0.4) is 0 Å². The summed E-state index contributed by atoms with van der Waals surface area (Å²) in [4.78, 5) is 58.5. The second kappa shape index (κ2) is 9.75. The predicted octanol–water partition coefficient (Wildman–Crippen LogP) is 0.381. The summed E-state index contributed by atoms with van der Waals surface area (Å²) in [5, 5.41) is 0. The number of imidazole rings is 2. The van der Waals surface area contributed by atoms with E-state index in [2.05, 4.69) is 9.97 Å². The van der Waals surface area contributed by atoms with Crippen molar-refractivity contribution in [3.63, 3.8) is 0 Å². The highest BCUT2D eigenvalue weighted by atomic mass is 16.2. The van der Waals surface area contributed by atoms with Gasteiger partial charge in [-0.25, -0.2) is 19.6 Å². The smallest absolute Gasteiger partial charge is 0.325 e. The van der Waals surface area contributed by atoms with Crippen molar-refractivity contribution in [1.29, 1.82) is 0 Å². The molecule has 36 heavy (non-hydrogen) atoms. The van der Waals surface area contributed by atoms with Crippen LogP contribution in [0.15, 0.2) is 19.2 Å². The van der Waals surface area contributed by atoms with E-state index in [0.717, 1.165) is 72.1 Å². The molecule has 0 fully saturated rings. The van der Waals surface area contributed by atoms with Gasteiger partial charge < -0.3 is 9.13 Å². The number of fused-ring (bicyclic) bond motifs is 2. The van der Waals surface area contributed by atoms with E-state index in [9.17, 15) is 19.2 Å². The Hall–Kier alpha value is -3.70. The Labute approximate surface area is 207 Å². The molecule has 0 spiro atoms. The van der Waals surface area contributed by atoms with Gasteiger partial charge in [-0.05, 0) is 12.8 Å². The third kappa shape index (κ3) is 4.14. The molecule has 12 nitrogen and oxygen atoms in total. The molecule has 0 aliphatic rings. The van der Waals surface area contributed by atoms with Crippen molar-refractivity contribution in [3.8, 4) is 0 Å². The molecular weight excluding hydrogens is 464 g/mol. The third-order valence-corrected chi connectivity index (χ3v) is 7.19. The first-order chi connectivity index (χ1) is 17.1.